The minimum atomic E-state index is 0.383. The van der Waals surface area contributed by atoms with Crippen molar-refractivity contribution in [3.63, 3.8) is 0 Å². The standard InChI is InChI=1S/C16H15Br2ClO/c1-10(2)14-7-12(17)5-6-15(14)20-16-8-13(18)4-3-11(16)9-19/h3-8,10H,9H2,1-2H3. The first-order valence-electron chi connectivity index (χ1n) is 6.33. The molecule has 0 aliphatic rings. The van der Waals surface area contributed by atoms with E-state index in [0.717, 1.165) is 26.0 Å². The lowest BCUT2D eigenvalue weighted by Crippen LogP contribution is -1.96. The molecule has 0 bridgehead atoms. The molecule has 0 saturated carbocycles. The second-order valence-corrected chi connectivity index (χ2v) is 6.92. The quantitative estimate of drug-likeness (QED) is 0.493. The number of alkyl halides is 1. The van der Waals surface area contributed by atoms with Crippen LogP contribution >= 0.6 is 43.5 Å². The molecule has 1 nitrogen and oxygen atoms in total. The SMILES string of the molecule is CC(C)c1cc(Br)ccc1Oc1cc(Br)ccc1CCl. The van der Waals surface area contributed by atoms with E-state index in [4.69, 9.17) is 16.3 Å². The molecule has 0 aliphatic heterocycles. The van der Waals surface area contributed by atoms with Gasteiger partial charge in [-0.1, -0.05) is 51.8 Å². The molecule has 0 aromatic heterocycles. The number of hydrogen-bond donors (Lipinski definition) is 0. The number of halogens is 3. The van der Waals surface area contributed by atoms with E-state index in [2.05, 4.69) is 51.8 Å². The van der Waals surface area contributed by atoms with E-state index < -0.39 is 0 Å². The Morgan fingerprint density at radius 2 is 1.65 bits per heavy atom. The summed E-state index contributed by atoms with van der Waals surface area (Å²) in [5.41, 5.74) is 2.15. The lowest BCUT2D eigenvalue weighted by atomic mass is 10.0. The molecule has 0 fully saturated rings. The van der Waals surface area contributed by atoms with Crippen LogP contribution in [0.2, 0.25) is 0 Å². The number of benzene rings is 2. The van der Waals surface area contributed by atoms with Crippen molar-refractivity contribution < 1.29 is 4.74 Å². The van der Waals surface area contributed by atoms with E-state index in [0.29, 0.717) is 11.8 Å². The predicted molar refractivity (Wildman–Crippen MR) is 92.0 cm³/mol. The van der Waals surface area contributed by atoms with Crippen LogP contribution < -0.4 is 4.74 Å². The van der Waals surface area contributed by atoms with Gasteiger partial charge in [-0.2, -0.15) is 0 Å². The summed E-state index contributed by atoms with van der Waals surface area (Å²) in [4.78, 5) is 0. The Bertz CT molecular complexity index is 611. The van der Waals surface area contributed by atoms with Gasteiger partial charge in [0.1, 0.15) is 11.5 Å². The highest BCUT2D eigenvalue weighted by Crippen LogP contribution is 2.35. The third-order valence-electron chi connectivity index (χ3n) is 2.99. The molecular formula is C16H15Br2ClO. The summed E-state index contributed by atoms with van der Waals surface area (Å²) in [7, 11) is 0. The highest BCUT2D eigenvalue weighted by molar-refractivity contribution is 9.10. The van der Waals surface area contributed by atoms with E-state index in [1.165, 1.54) is 5.56 Å². The molecule has 0 saturated heterocycles. The summed E-state index contributed by atoms with van der Waals surface area (Å²) in [5.74, 6) is 2.47. The van der Waals surface area contributed by atoms with Gasteiger partial charge < -0.3 is 4.74 Å². The Hall–Kier alpha value is -0.510. The Morgan fingerprint density at radius 3 is 2.30 bits per heavy atom. The molecule has 2 rings (SSSR count). The van der Waals surface area contributed by atoms with Crippen LogP contribution in [-0.4, -0.2) is 0 Å². The van der Waals surface area contributed by atoms with E-state index in [1.807, 2.05) is 30.3 Å². The highest BCUT2D eigenvalue weighted by atomic mass is 79.9. The zero-order chi connectivity index (χ0) is 14.7. The monoisotopic (exact) mass is 416 g/mol. The van der Waals surface area contributed by atoms with Crippen molar-refractivity contribution in [2.24, 2.45) is 0 Å². The molecule has 0 radical (unpaired) electrons. The maximum atomic E-state index is 6.09. The molecule has 0 heterocycles. The average Bonchev–Trinajstić information content (AvgIpc) is 2.41. The van der Waals surface area contributed by atoms with Crippen LogP contribution in [0, 0.1) is 0 Å². The van der Waals surface area contributed by atoms with Gasteiger partial charge in [-0.15, -0.1) is 11.6 Å². The van der Waals surface area contributed by atoms with Crippen molar-refractivity contribution in [3.8, 4) is 11.5 Å². The van der Waals surface area contributed by atoms with Crippen LogP contribution in [0.3, 0.4) is 0 Å². The van der Waals surface area contributed by atoms with Crippen LogP contribution in [0.1, 0.15) is 30.9 Å². The minimum absolute atomic E-state index is 0.383. The Morgan fingerprint density at radius 1 is 1.00 bits per heavy atom. The van der Waals surface area contributed by atoms with Crippen LogP contribution in [0.15, 0.2) is 45.3 Å². The fraction of sp³-hybridized carbons (Fsp3) is 0.250. The Balaban J connectivity index is 2.42. The van der Waals surface area contributed by atoms with Gasteiger partial charge in [0.05, 0.1) is 5.88 Å². The van der Waals surface area contributed by atoms with Crippen molar-refractivity contribution in [1.82, 2.24) is 0 Å². The third-order valence-corrected chi connectivity index (χ3v) is 4.26. The lowest BCUT2D eigenvalue weighted by Gasteiger charge is -2.16. The van der Waals surface area contributed by atoms with E-state index in [9.17, 15) is 0 Å². The summed E-state index contributed by atoms with van der Waals surface area (Å²) in [6.07, 6.45) is 0. The smallest absolute Gasteiger partial charge is 0.132 e. The first kappa shape index (κ1) is 15.9. The van der Waals surface area contributed by atoms with Gasteiger partial charge in [-0.25, -0.2) is 0 Å². The summed E-state index contributed by atoms with van der Waals surface area (Å²) in [6, 6.07) is 12.0. The normalized spacial score (nSPS) is 10.9. The van der Waals surface area contributed by atoms with E-state index in [-0.39, 0.29) is 0 Å². The summed E-state index contributed by atoms with van der Waals surface area (Å²) < 4.78 is 8.13. The minimum Gasteiger partial charge on any atom is -0.457 e. The van der Waals surface area contributed by atoms with Gasteiger partial charge in [0.2, 0.25) is 0 Å². The largest absolute Gasteiger partial charge is 0.457 e. The molecule has 106 valence electrons. The topological polar surface area (TPSA) is 9.23 Å². The van der Waals surface area contributed by atoms with Crippen LogP contribution in [0.4, 0.5) is 0 Å². The van der Waals surface area contributed by atoms with Crippen molar-refractivity contribution in [3.05, 3.63) is 56.5 Å². The molecule has 0 unspecified atom stereocenters. The molecule has 0 N–H and O–H groups in total. The zero-order valence-corrected chi connectivity index (χ0v) is 15.2. The van der Waals surface area contributed by atoms with Gasteiger partial charge in [-0.05, 0) is 41.8 Å². The molecule has 0 amide bonds. The average molecular weight is 419 g/mol. The molecule has 2 aromatic carbocycles. The summed E-state index contributed by atoms with van der Waals surface area (Å²) in [6.45, 7) is 4.30. The van der Waals surface area contributed by atoms with Crippen molar-refractivity contribution in [2.45, 2.75) is 25.6 Å². The fourth-order valence-corrected chi connectivity index (χ4v) is 2.86. The maximum Gasteiger partial charge on any atom is 0.132 e. The molecular weight excluding hydrogens is 403 g/mol. The van der Waals surface area contributed by atoms with Crippen molar-refractivity contribution in [1.29, 1.82) is 0 Å². The van der Waals surface area contributed by atoms with Gasteiger partial charge in [0.15, 0.2) is 0 Å². The first-order valence-corrected chi connectivity index (χ1v) is 8.45. The molecule has 0 spiro atoms. The van der Waals surface area contributed by atoms with Crippen LogP contribution in [-0.2, 0) is 5.88 Å². The van der Waals surface area contributed by atoms with Crippen LogP contribution in [0.25, 0.3) is 0 Å². The molecule has 0 aliphatic carbocycles. The molecule has 2 aromatic rings. The van der Waals surface area contributed by atoms with Crippen LogP contribution in [0.5, 0.6) is 11.5 Å². The van der Waals surface area contributed by atoms with Gasteiger partial charge in [-0.3, -0.25) is 0 Å². The number of hydrogen-bond acceptors (Lipinski definition) is 1. The molecule has 20 heavy (non-hydrogen) atoms. The Labute approximate surface area is 141 Å². The predicted octanol–water partition coefficient (Wildman–Crippen LogP) is 6.87. The number of ether oxygens (including phenoxy) is 1. The van der Waals surface area contributed by atoms with E-state index >= 15 is 0 Å². The molecule has 4 heteroatoms. The Kier molecular flexibility index (Phi) is 5.53. The second-order valence-electron chi connectivity index (χ2n) is 4.82. The lowest BCUT2D eigenvalue weighted by molar-refractivity contribution is 0.468. The highest BCUT2D eigenvalue weighted by Gasteiger charge is 2.12. The van der Waals surface area contributed by atoms with Crippen molar-refractivity contribution >= 4 is 43.5 Å². The maximum absolute atomic E-state index is 6.09. The van der Waals surface area contributed by atoms with E-state index in [1.54, 1.807) is 0 Å². The third kappa shape index (κ3) is 3.78. The zero-order valence-electron chi connectivity index (χ0n) is 11.3. The van der Waals surface area contributed by atoms with Crippen molar-refractivity contribution in [2.75, 3.05) is 0 Å². The first-order chi connectivity index (χ1) is 9.51. The summed E-state index contributed by atoms with van der Waals surface area (Å²) in [5, 5.41) is 0. The fourth-order valence-electron chi connectivity index (χ4n) is 1.92. The number of rotatable bonds is 4. The molecule has 0 atom stereocenters. The summed E-state index contributed by atoms with van der Waals surface area (Å²) >= 11 is 12.9. The van der Waals surface area contributed by atoms with Gasteiger partial charge in [0.25, 0.3) is 0 Å². The van der Waals surface area contributed by atoms with Gasteiger partial charge >= 0.3 is 0 Å². The van der Waals surface area contributed by atoms with Gasteiger partial charge in [0, 0.05) is 14.5 Å². The second kappa shape index (κ2) is 6.97.